The molecule has 0 atom stereocenters. The number of likely N-dealkylation sites (tertiary alicyclic amines) is 1. The minimum atomic E-state index is -4.58. The van der Waals surface area contributed by atoms with Crippen molar-refractivity contribution in [2.24, 2.45) is 0 Å². The molecule has 1 N–H and O–H groups in total. The minimum absolute atomic E-state index is 0.0446. The van der Waals surface area contributed by atoms with Crippen LogP contribution in [0, 0.1) is 0 Å². The molecule has 2 aliphatic rings. The van der Waals surface area contributed by atoms with Crippen molar-refractivity contribution in [2.75, 3.05) is 55.4 Å². The van der Waals surface area contributed by atoms with Crippen LogP contribution in [0.4, 0.5) is 24.5 Å². The van der Waals surface area contributed by atoms with Gasteiger partial charge in [0.25, 0.3) is 5.91 Å². The van der Waals surface area contributed by atoms with Crippen molar-refractivity contribution in [3.8, 4) is 11.6 Å². The van der Waals surface area contributed by atoms with Gasteiger partial charge < -0.3 is 19.4 Å². The lowest BCUT2D eigenvalue weighted by Crippen LogP contribution is -2.46. The molecule has 50 heavy (non-hydrogen) atoms. The Balaban J connectivity index is 1.11. The highest BCUT2D eigenvalue weighted by atomic mass is 32.2. The van der Waals surface area contributed by atoms with E-state index < -0.39 is 21.9 Å². The second-order valence-corrected chi connectivity index (χ2v) is 14.2. The number of hydrogen-bond donors (Lipinski definition) is 1. The predicted octanol–water partition coefficient (Wildman–Crippen LogP) is 6.39. The number of benzene rings is 3. The third kappa shape index (κ3) is 8.72. The van der Waals surface area contributed by atoms with Gasteiger partial charge in [-0.1, -0.05) is 49.4 Å². The van der Waals surface area contributed by atoms with Crippen LogP contribution in [-0.2, 0) is 22.0 Å². The first-order valence-corrected chi connectivity index (χ1v) is 18.3. The molecule has 3 aromatic carbocycles. The lowest BCUT2D eigenvalue weighted by molar-refractivity contribution is -0.141. The van der Waals surface area contributed by atoms with E-state index in [1.807, 2.05) is 24.3 Å². The zero-order valence-electron chi connectivity index (χ0n) is 27.6. The highest BCUT2D eigenvalue weighted by molar-refractivity contribution is 7.91. The van der Waals surface area contributed by atoms with Crippen molar-refractivity contribution in [1.29, 1.82) is 0 Å². The molecule has 0 aliphatic carbocycles. The molecular weight excluding hydrogens is 669 g/mol. The normalized spacial score (nSPS) is 16.3. The molecule has 2 fully saturated rings. The highest BCUT2D eigenvalue weighted by Gasteiger charge is 2.33. The number of sulfonamides is 1. The van der Waals surface area contributed by atoms with E-state index in [2.05, 4.69) is 31.6 Å². The number of rotatable bonds is 10. The van der Waals surface area contributed by atoms with Crippen LogP contribution in [0.25, 0.3) is 0 Å². The van der Waals surface area contributed by atoms with Crippen LogP contribution < -0.4 is 14.4 Å². The van der Waals surface area contributed by atoms with Crippen molar-refractivity contribution in [3.63, 3.8) is 0 Å². The molecule has 1 amide bonds. The Hall–Kier alpha value is -4.69. The molecule has 264 valence electrons. The molecule has 3 heterocycles. The average Bonchev–Trinajstić information content (AvgIpc) is 3.12. The summed E-state index contributed by atoms with van der Waals surface area (Å²) >= 11 is 0. The topological polar surface area (TPSA) is 108 Å². The van der Waals surface area contributed by atoms with Gasteiger partial charge in [0.2, 0.25) is 15.9 Å². The van der Waals surface area contributed by atoms with Crippen LogP contribution in [0.3, 0.4) is 0 Å². The second kappa shape index (κ2) is 15.1. The Labute approximate surface area is 289 Å². The Morgan fingerprint density at radius 3 is 2.20 bits per heavy atom. The van der Waals surface area contributed by atoms with E-state index in [4.69, 9.17) is 4.74 Å². The van der Waals surface area contributed by atoms with Gasteiger partial charge in [0.1, 0.15) is 5.75 Å². The molecule has 2 saturated heterocycles. The quantitative estimate of drug-likeness (QED) is 0.202. The summed E-state index contributed by atoms with van der Waals surface area (Å²) in [6.45, 7) is 7.36. The summed E-state index contributed by atoms with van der Waals surface area (Å²) in [5.74, 6) is 0.232. The number of aromatic nitrogens is 2. The molecule has 10 nitrogen and oxygen atoms in total. The number of nitrogens with zero attached hydrogens (tertiary/aromatic N) is 5. The number of ether oxygens (including phenoxy) is 1. The summed E-state index contributed by atoms with van der Waals surface area (Å²) in [7, 11) is -3.77. The van der Waals surface area contributed by atoms with E-state index in [9.17, 15) is 26.4 Å². The first-order chi connectivity index (χ1) is 24.0. The Morgan fingerprint density at radius 2 is 1.58 bits per heavy atom. The number of carbonyl (C=O) groups is 1. The summed E-state index contributed by atoms with van der Waals surface area (Å²) in [4.78, 5) is 20.1. The fourth-order valence-electron chi connectivity index (χ4n) is 6.38. The summed E-state index contributed by atoms with van der Waals surface area (Å²) in [6, 6.07) is 23.5. The summed E-state index contributed by atoms with van der Waals surface area (Å²) < 4.78 is 73.3. The van der Waals surface area contributed by atoms with Crippen molar-refractivity contribution >= 4 is 27.3 Å². The molecule has 0 spiro atoms. The van der Waals surface area contributed by atoms with E-state index in [0.29, 0.717) is 35.7 Å². The van der Waals surface area contributed by atoms with Crippen LogP contribution in [0.1, 0.15) is 52.9 Å². The van der Waals surface area contributed by atoms with Crippen LogP contribution in [-0.4, -0.2) is 80.1 Å². The number of alkyl halides is 3. The van der Waals surface area contributed by atoms with Gasteiger partial charge >= 0.3 is 6.18 Å². The molecular formula is C36H39F3N6O4S. The van der Waals surface area contributed by atoms with Crippen molar-refractivity contribution in [1.82, 2.24) is 20.0 Å². The zero-order valence-corrected chi connectivity index (χ0v) is 28.5. The lowest BCUT2D eigenvalue weighted by atomic mass is 9.89. The van der Waals surface area contributed by atoms with E-state index >= 15 is 0 Å². The largest absolute Gasteiger partial charge is 0.438 e. The second-order valence-electron chi connectivity index (χ2n) is 12.5. The monoisotopic (exact) mass is 708 g/mol. The van der Waals surface area contributed by atoms with Crippen LogP contribution in [0.2, 0.25) is 0 Å². The van der Waals surface area contributed by atoms with Gasteiger partial charge in [0.15, 0.2) is 5.69 Å². The lowest BCUT2D eigenvalue weighted by Gasteiger charge is -2.36. The fraction of sp³-hybridized carbons (Fsp3) is 0.361. The number of nitrogens with one attached hydrogen (secondary N) is 1. The first-order valence-electron chi connectivity index (χ1n) is 16.6. The molecule has 6 rings (SSSR count). The van der Waals surface area contributed by atoms with Gasteiger partial charge in [0.05, 0.1) is 17.1 Å². The van der Waals surface area contributed by atoms with E-state index in [0.717, 1.165) is 68.9 Å². The third-order valence-electron chi connectivity index (χ3n) is 9.16. The van der Waals surface area contributed by atoms with Gasteiger partial charge in [-0.05, 0) is 72.8 Å². The van der Waals surface area contributed by atoms with Crippen LogP contribution in [0.5, 0.6) is 11.6 Å². The molecule has 1 aromatic heterocycles. The smallest absolute Gasteiger partial charge is 0.435 e. The van der Waals surface area contributed by atoms with E-state index in [-0.39, 0.29) is 23.5 Å². The number of likely N-dealkylation sites (N-methyl/N-ethyl adjacent to an activating group) is 1. The number of piperazine rings is 1. The number of halogens is 3. The molecule has 0 saturated carbocycles. The third-order valence-corrected chi connectivity index (χ3v) is 10.4. The Morgan fingerprint density at radius 1 is 0.880 bits per heavy atom. The number of carbonyl (C=O) groups excluding carboxylic acids is 1. The molecule has 0 bridgehead atoms. The SMILES string of the molecule is CCN1CCN(c2ccc(C(=O)N3CCC(c4ccc(Oc5ccc(C(F)(F)F)nn5)cc4)CC3)cc2NS(=O)(=O)Cc2ccccc2)CC1. The summed E-state index contributed by atoms with van der Waals surface area (Å²) in [5.41, 5.74) is 2.22. The summed E-state index contributed by atoms with van der Waals surface area (Å²) in [5, 5.41) is 6.69. The standard InChI is InChI=1S/C36H39F3N6O4S/c1-2-43-20-22-44(23-21-43)32-13-10-29(24-31(32)42-50(47,48)25-26-6-4-3-5-7-26)35(46)45-18-16-28(17-19-45)27-8-11-30(12-9-27)49-34-15-14-33(40-41-34)36(37,38)39/h3-15,24,28,42H,2,16-23,25H2,1H3. The van der Waals surface area contributed by atoms with Gasteiger partial charge in [-0.25, -0.2) is 8.42 Å². The predicted molar refractivity (Wildman–Crippen MR) is 185 cm³/mol. The molecule has 14 heteroatoms. The van der Waals surface area contributed by atoms with Crippen molar-refractivity contribution < 1.29 is 31.1 Å². The van der Waals surface area contributed by atoms with E-state index in [1.54, 1.807) is 53.4 Å². The van der Waals surface area contributed by atoms with Gasteiger partial charge in [-0.15, -0.1) is 10.2 Å². The molecule has 4 aromatic rings. The average molecular weight is 709 g/mol. The van der Waals surface area contributed by atoms with Crippen LogP contribution in [0.15, 0.2) is 84.9 Å². The van der Waals surface area contributed by atoms with Crippen LogP contribution >= 0.6 is 0 Å². The molecule has 2 aliphatic heterocycles. The number of anilines is 2. The molecule has 0 unspecified atom stereocenters. The van der Waals surface area contributed by atoms with E-state index in [1.165, 1.54) is 0 Å². The minimum Gasteiger partial charge on any atom is -0.438 e. The van der Waals surface area contributed by atoms with Gasteiger partial charge in [-0.2, -0.15) is 13.2 Å². The van der Waals surface area contributed by atoms with Crippen molar-refractivity contribution in [2.45, 2.75) is 37.6 Å². The van der Waals surface area contributed by atoms with Gasteiger partial charge in [0, 0.05) is 50.9 Å². The maximum absolute atomic E-state index is 13.8. The Kier molecular flexibility index (Phi) is 10.6. The maximum Gasteiger partial charge on any atom is 0.435 e. The number of hydrogen-bond acceptors (Lipinski definition) is 8. The molecule has 0 radical (unpaired) electrons. The van der Waals surface area contributed by atoms with Crippen molar-refractivity contribution in [3.05, 3.63) is 107 Å². The Bertz CT molecular complexity index is 1860. The number of amides is 1. The first kappa shape index (κ1) is 35.1. The summed E-state index contributed by atoms with van der Waals surface area (Å²) in [6.07, 6.45) is -3.12. The zero-order chi connectivity index (χ0) is 35.3. The van der Waals surface area contributed by atoms with Gasteiger partial charge in [-0.3, -0.25) is 9.52 Å². The fourth-order valence-corrected chi connectivity index (χ4v) is 7.58. The number of piperidine rings is 1. The maximum atomic E-state index is 13.8. The highest BCUT2D eigenvalue weighted by Crippen LogP contribution is 2.34.